The van der Waals surface area contributed by atoms with Crippen molar-refractivity contribution >= 4 is 22.9 Å². The van der Waals surface area contributed by atoms with E-state index in [0.717, 1.165) is 29.3 Å². The topological polar surface area (TPSA) is 43.8 Å². The SMILES string of the molecule is CCc1nn(C)c(CC(N)c2ccc(C)s2)c1Cl. The average Bonchev–Trinajstić information content (AvgIpc) is 2.87. The van der Waals surface area contributed by atoms with Gasteiger partial charge in [-0.15, -0.1) is 11.3 Å². The van der Waals surface area contributed by atoms with Crippen molar-refractivity contribution in [1.29, 1.82) is 0 Å². The van der Waals surface area contributed by atoms with Gasteiger partial charge in [0, 0.05) is 29.3 Å². The number of rotatable bonds is 4. The van der Waals surface area contributed by atoms with E-state index in [2.05, 4.69) is 31.1 Å². The van der Waals surface area contributed by atoms with Gasteiger partial charge >= 0.3 is 0 Å². The Kier molecular flexibility index (Phi) is 4.10. The van der Waals surface area contributed by atoms with E-state index in [1.807, 2.05) is 11.7 Å². The lowest BCUT2D eigenvalue weighted by molar-refractivity contribution is 0.644. The third-order valence-corrected chi connectivity index (χ3v) is 4.61. The van der Waals surface area contributed by atoms with E-state index in [9.17, 15) is 0 Å². The number of aromatic nitrogens is 2. The van der Waals surface area contributed by atoms with Crippen molar-refractivity contribution in [3.8, 4) is 0 Å². The predicted octanol–water partition coefficient (Wildman–Crippen LogP) is 3.25. The molecule has 0 fully saturated rings. The summed E-state index contributed by atoms with van der Waals surface area (Å²) in [5.41, 5.74) is 8.21. The molecule has 1 atom stereocenters. The number of aryl methyl sites for hydroxylation is 3. The summed E-state index contributed by atoms with van der Waals surface area (Å²) in [6.07, 6.45) is 1.57. The predicted molar refractivity (Wildman–Crippen MR) is 77.3 cm³/mol. The van der Waals surface area contributed by atoms with Crippen molar-refractivity contribution in [2.24, 2.45) is 12.8 Å². The highest BCUT2D eigenvalue weighted by molar-refractivity contribution is 7.12. The molecule has 0 bridgehead atoms. The van der Waals surface area contributed by atoms with Gasteiger partial charge in [-0.3, -0.25) is 4.68 Å². The fourth-order valence-electron chi connectivity index (χ4n) is 2.00. The highest BCUT2D eigenvalue weighted by Gasteiger charge is 2.17. The molecule has 18 heavy (non-hydrogen) atoms. The van der Waals surface area contributed by atoms with Crippen LogP contribution in [0.1, 0.15) is 34.1 Å². The Hall–Kier alpha value is -0.840. The molecule has 2 rings (SSSR count). The second-order valence-electron chi connectivity index (χ2n) is 4.44. The van der Waals surface area contributed by atoms with Crippen molar-refractivity contribution in [1.82, 2.24) is 9.78 Å². The van der Waals surface area contributed by atoms with E-state index in [1.54, 1.807) is 11.3 Å². The molecule has 0 saturated carbocycles. The number of nitrogens with two attached hydrogens (primary N) is 1. The standard InChI is InChI=1S/C13H18ClN3S/c1-4-10-13(14)11(17(3)16-10)7-9(15)12-6-5-8(2)18-12/h5-6,9H,4,7,15H2,1-3H3. The summed E-state index contributed by atoms with van der Waals surface area (Å²) in [7, 11) is 1.92. The molecule has 2 heterocycles. The lowest BCUT2D eigenvalue weighted by Gasteiger charge is -2.10. The van der Waals surface area contributed by atoms with Crippen molar-refractivity contribution in [3.05, 3.63) is 38.3 Å². The highest BCUT2D eigenvalue weighted by Crippen LogP contribution is 2.28. The zero-order valence-electron chi connectivity index (χ0n) is 10.9. The molecule has 2 aromatic heterocycles. The maximum Gasteiger partial charge on any atom is 0.0850 e. The summed E-state index contributed by atoms with van der Waals surface area (Å²) < 4.78 is 1.85. The van der Waals surface area contributed by atoms with Gasteiger partial charge in [0.1, 0.15) is 0 Å². The number of halogens is 1. The molecule has 0 saturated heterocycles. The maximum atomic E-state index is 6.33. The minimum Gasteiger partial charge on any atom is -0.323 e. The van der Waals surface area contributed by atoms with Crippen LogP contribution in [0.25, 0.3) is 0 Å². The number of nitrogens with zero attached hydrogens (tertiary/aromatic N) is 2. The fraction of sp³-hybridized carbons (Fsp3) is 0.462. The number of thiophene rings is 1. The average molecular weight is 284 g/mol. The molecule has 0 aromatic carbocycles. The summed E-state index contributed by atoms with van der Waals surface area (Å²) in [5, 5.41) is 5.18. The van der Waals surface area contributed by atoms with Gasteiger partial charge in [-0.25, -0.2) is 0 Å². The zero-order valence-corrected chi connectivity index (χ0v) is 12.5. The second kappa shape index (κ2) is 5.43. The van der Waals surface area contributed by atoms with Crippen LogP contribution in [0.2, 0.25) is 5.02 Å². The summed E-state index contributed by atoms with van der Waals surface area (Å²) in [6, 6.07) is 4.18. The monoisotopic (exact) mass is 283 g/mol. The van der Waals surface area contributed by atoms with E-state index < -0.39 is 0 Å². The van der Waals surface area contributed by atoms with Gasteiger partial charge in [0.05, 0.1) is 16.4 Å². The van der Waals surface area contributed by atoms with Gasteiger partial charge in [0.15, 0.2) is 0 Å². The van der Waals surface area contributed by atoms with Gasteiger partial charge < -0.3 is 5.73 Å². The van der Waals surface area contributed by atoms with Gasteiger partial charge in [-0.1, -0.05) is 18.5 Å². The molecule has 2 N–H and O–H groups in total. The van der Waals surface area contributed by atoms with Crippen LogP contribution >= 0.6 is 22.9 Å². The minimum atomic E-state index is -0.0127. The molecule has 5 heteroatoms. The largest absolute Gasteiger partial charge is 0.323 e. The molecule has 2 aromatic rings. The first-order chi connectivity index (χ1) is 8.52. The Morgan fingerprint density at radius 2 is 2.22 bits per heavy atom. The van der Waals surface area contributed by atoms with E-state index >= 15 is 0 Å². The summed E-state index contributed by atoms with van der Waals surface area (Å²) in [5.74, 6) is 0. The van der Waals surface area contributed by atoms with Gasteiger partial charge in [-0.05, 0) is 25.5 Å². The molecule has 0 amide bonds. The van der Waals surface area contributed by atoms with E-state index in [1.165, 1.54) is 9.75 Å². The van der Waals surface area contributed by atoms with Crippen molar-refractivity contribution < 1.29 is 0 Å². The first-order valence-electron chi connectivity index (χ1n) is 6.05. The number of hydrogen-bond donors (Lipinski definition) is 1. The van der Waals surface area contributed by atoms with Gasteiger partial charge in [0.2, 0.25) is 0 Å². The van der Waals surface area contributed by atoms with E-state index in [4.69, 9.17) is 17.3 Å². The molecular formula is C13H18ClN3S. The molecule has 0 aliphatic carbocycles. The first-order valence-corrected chi connectivity index (χ1v) is 7.24. The van der Waals surface area contributed by atoms with Gasteiger partial charge in [0.25, 0.3) is 0 Å². The third-order valence-electron chi connectivity index (χ3n) is 3.04. The lowest BCUT2D eigenvalue weighted by atomic mass is 10.1. The maximum absolute atomic E-state index is 6.33. The molecule has 0 radical (unpaired) electrons. The van der Waals surface area contributed by atoms with E-state index in [-0.39, 0.29) is 6.04 Å². The molecule has 0 aliphatic rings. The minimum absolute atomic E-state index is 0.0127. The Morgan fingerprint density at radius 1 is 1.50 bits per heavy atom. The summed E-state index contributed by atoms with van der Waals surface area (Å²) in [6.45, 7) is 4.15. The quantitative estimate of drug-likeness (QED) is 0.936. The molecule has 3 nitrogen and oxygen atoms in total. The lowest BCUT2D eigenvalue weighted by Crippen LogP contribution is -2.14. The van der Waals surface area contributed by atoms with Crippen LogP contribution in [0.5, 0.6) is 0 Å². The Morgan fingerprint density at radius 3 is 2.72 bits per heavy atom. The number of hydrogen-bond acceptors (Lipinski definition) is 3. The first kappa shape index (κ1) is 13.6. The molecule has 0 aliphatic heterocycles. The van der Waals surface area contributed by atoms with Gasteiger partial charge in [-0.2, -0.15) is 5.10 Å². The normalized spacial score (nSPS) is 12.9. The van der Waals surface area contributed by atoms with Crippen molar-refractivity contribution in [2.45, 2.75) is 32.7 Å². The van der Waals surface area contributed by atoms with Crippen molar-refractivity contribution in [2.75, 3.05) is 0 Å². The van der Waals surface area contributed by atoms with Crippen LogP contribution < -0.4 is 5.73 Å². The van der Waals surface area contributed by atoms with E-state index in [0.29, 0.717) is 0 Å². The molecule has 0 spiro atoms. The molecule has 1 unspecified atom stereocenters. The summed E-state index contributed by atoms with van der Waals surface area (Å²) in [4.78, 5) is 2.48. The second-order valence-corrected chi connectivity index (χ2v) is 6.14. The molecular weight excluding hydrogens is 266 g/mol. The molecule has 98 valence electrons. The Labute approximate surface area is 117 Å². The van der Waals surface area contributed by atoms with Crippen LogP contribution in [0.4, 0.5) is 0 Å². The van der Waals surface area contributed by atoms with Crippen LogP contribution in [0, 0.1) is 6.92 Å². The van der Waals surface area contributed by atoms with Crippen LogP contribution in [-0.4, -0.2) is 9.78 Å². The highest BCUT2D eigenvalue weighted by atomic mass is 35.5. The summed E-state index contributed by atoms with van der Waals surface area (Å²) >= 11 is 8.07. The van der Waals surface area contributed by atoms with Crippen LogP contribution in [-0.2, 0) is 19.9 Å². The van der Waals surface area contributed by atoms with Crippen LogP contribution in [0.15, 0.2) is 12.1 Å². The fourth-order valence-corrected chi connectivity index (χ4v) is 3.25. The Bertz CT molecular complexity index is 544. The smallest absolute Gasteiger partial charge is 0.0850 e. The van der Waals surface area contributed by atoms with Crippen molar-refractivity contribution in [3.63, 3.8) is 0 Å². The zero-order chi connectivity index (χ0) is 13.3. The van der Waals surface area contributed by atoms with Crippen LogP contribution in [0.3, 0.4) is 0 Å². The third kappa shape index (κ3) is 2.60. The Balaban J connectivity index is 2.21.